The molecule has 20 heavy (non-hydrogen) atoms. The minimum Gasteiger partial charge on any atom is -0.478 e. The van der Waals surface area contributed by atoms with E-state index >= 15 is 0 Å². The predicted molar refractivity (Wildman–Crippen MR) is 68.5 cm³/mol. The summed E-state index contributed by atoms with van der Waals surface area (Å²) < 4.78 is 26.6. The van der Waals surface area contributed by atoms with Crippen LogP contribution in [-0.4, -0.2) is 34.7 Å². The number of carbonyl (C=O) groups is 1. The van der Waals surface area contributed by atoms with E-state index in [4.69, 9.17) is 5.11 Å². The van der Waals surface area contributed by atoms with Crippen molar-refractivity contribution in [3.8, 4) is 0 Å². The maximum atomic E-state index is 12.1. The molecule has 0 aliphatic carbocycles. The summed E-state index contributed by atoms with van der Waals surface area (Å²) in [7, 11) is -4.03. The Bertz CT molecular complexity index is 711. The van der Waals surface area contributed by atoms with E-state index < -0.39 is 32.6 Å². The number of H-pyrrole nitrogens is 1. The van der Waals surface area contributed by atoms with Gasteiger partial charge < -0.3 is 5.11 Å². The SMILES string of the molecule is C[C@@H](NS(=O)(=O)c1[nH]ncc1C(=O)O)c1ccccn1. The highest BCUT2D eigenvalue weighted by Gasteiger charge is 2.26. The lowest BCUT2D eigenvalue weighted by atomic mass is 10.2. The zero-order chi connectivity index (χ0) is 14.8. The fraction of sp³-hybridized carbons (Fsp3) is 0.182. The Labute approximate surface area is 114 Å². The molecular weight excluding hydrogens is 284 g/mol. The maximum absolute atomic E-state index is 12.1. The molecule has 0 spiro atoms. The van der Waals surface area contributed by atoms with Gasteiger partial charge >= 0.3 is 5.97 Å². The third-order valence-electron chi connectivity index (χ3n) is 2.57. The van der Waals surface area contributed by atoms with Gasteiger partial charge in [-0.25, -0.2) is 17.9 Å². The number of nitrogens with one attached hydrogen (secondary N) is 2. The molecule has 0 bridgehead atoms. The molecule has 1 atom stereocenters. The number of aromatic nitrogens is 3. The van der Waals surface area contributed by atoms with Crippen LogP contribution in [0.2, 0.25) is 0 Å². The van der Waals surface area contributed by atoms with E-state index in [0.717, 1.165) is 6.20 Å². The van der Waals surface area contributed by atoms with E-state index in [2.05, 4.69) is 19.9 Å². The molecular formula is C11H12N4O4S. The van der Waals surface area contributed by atoms with Gasteiger partial charge in [0.2, 0.25) is 0 Å². The molecule has 2 rings (SSSR count). The predicted octanol–water partition coefficient (Wildman–Crippen LogP) is 0.542. The highest BCUT2D eigenvalue weighted by molar-refractivity contribution is 7.89. The lowest BCUT2D eigenvalue weighted by Gasteiger charge is -2.12. The summed E-state index contributed by atoms with van der Waals surface area (Å²) >= 11 is 0. The van der Waals surface area contributed by atoms with Gasteiger partial charge in [-0.05, 0) is 19.1 Å². The first-order valence-electron chi connectivity index (χ1n) is 5.61. The van der Waals surface area contributed by atoms with Gasteiger partial charge in [-0.2, -0.15) is 5.10 Å². The van der Waals surface area contributed by atoms with Crippen LogP contribution in [0.25, 0.3) is 0 Å². The molecule has 9 heteroatoms. The third kappa shape index (κ3) is 2.83. The molecule has 106 valence electrons. The van der Waals surface area contributed by atoms with Gasteiger partial charge in [0, 0.05) is 6.20 Å². The van der Waals surface area contributed by atoms with Crippen LogP contribution in [0.15, 0.2) is 35.6 Å². The monoisotopic (exact) mass is 296 g/mol. The molecule has 0 aromatic carbocycles. The quantitative estimate of drug-likeness (QED) is 0.739. The van der Waals surface area contributed by atoms with Gasteiger partial charge in [-0.1, -0.05) is 6.07 Å². The molecule has 2 aromatic heterocycles. The van der Waals surface area contributed by atoms with Crippen molar-refractivity contribution in [3.05, 3.63) is 41.9 Å². The number of sulfonamides is 1. The smallest absolute Gasteiger partial charge is 0.340 e. The van der Waals surface area contributed by atoms with Crippen LogP contribution in [0.1, 0.15) is 29.0 Å². The summed E-state index contributed by atoms with van der Waals surface area (Å²) in [5.41, 5.74) is 0.109. The summed E-state index contributed by atoms with van der Waals surface area (Å²) in [5.74, 6) is -1.37. The van der Waals surface area contributed by atoms with Gasteiger partial charge in [0.15, 0.2) is 5.03 Å². The lowest BCUT2D eigenvalue weighted by Crippen LogP contribution is -2.28. The molecule has 0 aliphatic heterocycles. The number of aromatic amines is 1. The molecule has 0 aliphatic rings. The Morgan fingerprint density at radius 1 is 1.45 bits per heavy atom. The van der Waals surface area contributed by atoms with E-state index in [9.17, 15) is 13.2 Å². The van der Waals surface area contributed by atoms with E-state index in [1.54, 1.807) is 31.3 Å². The van der Waals surface area contributed by atoms with Gasteiger partial charge in [-0.15, -0.1) is 0 Å². The highest BCUT2D eigenvalue weighted by Crippen LogP contribution is 2.16. The number of nitrogens with zero attached hydrogens (tertiary/aromatic N) is 2. The van der Waals surface area contributed by atoms with Crippen molar-refractivity contribution in [1.82, 2.24) is 19.9 Å². The normalized spacial score (nSPS) is 13.1. The van der Waals surface area contributed by atoms with Crippen LogP contribution in [0.3, 0.4) is 0 Å². The number of aromatic carboxylic acids is 1. The second-order valence-corrected chi connectivity index (χ2v) is 5.67. The van der Waals surface area contributed by atoms with Crippen molar-refractivity contribution in [2.45, 2.75) is 18.0 Å². The average molecular weight is 296 g/mol. The summed E-state index contributed by atoms with van der Waals surface area (Å²) in [5, 5.41) is 14.1. The lowest BCUT2D eigenvalue weighted by molar-refractivity contribution is 0.0692. The number of hydrogen-bond acceptors (Lipinski definition) is 5. The van der Waals surface area contributed by atoms with Crippen molar-refractivity contribution < 1.29 is 18.3 Å². The third-order valence-corrected chi connectivity index (χ3v) is 4.08. The Hall–Kier alpha value is -2.26. The molecule has 0 unspecified atom stereocenters. The topological polar surface area (TPSA) is 125 Å². The first-order valence-corrected chi connectivity index (χ1v) is 7.10. The highest BCUT2D eigenvalue weighted by atomic mass is 32.2. The van der Waals surface area contributed by atoms with Crippen molar-refractivity contribution in [2.24, 2.45) is 0 Å². The molecule has 0 fully saturated rings. The zero-order valence-corrected chi connectivity index (χ0v) is 11.3. The molecule has 2 heterocycles. The Morgan fingerprint density at radius 3 is 2.80 bits per heavy atom. The van der Waals surface area contributed by atoms with Gasteiger partial charge in [0.05, 0.1) is 17.9 Å². The van der Waals surface area contributed by atoms with Crippen molar-refractivity contribution in [2.75, 3.05) is 0 Å². The summed E-state index contributed by atoms with van der Waals surface area (Å²) in [6, 6.07) is 4.50. The minimum absolute atomic E-state index is 0.411. The standard InChI is InChI=1S/C11H12N4O4S/c1-7(9-4-2-3-5-12-9)15-20(18,19)10-8(11(16)17)6-13-14-10/h2-7,15H,1H3,(H,13,14)(H,16,17)/t7-/m1/s1. The Balaban J connectivity index is 2.28. The summed E-state index contributed by atoms with van der Waals surface area (Å²) in [4.78, 5) is 15.0. The van der Waals surface area contributed by atoms with Gasteiger partial charge in [0.25, 0.3) is 10.0 Å². The van der Waals surface area contributed by atoms with Gasteiger partial charge in [-0.3, -0.25) is 10.1 Å². The average Bonchev–Trinajstić information content (AvgIpc) is 2.89. The first-order chi connectivity index (χ1) is 9.42. The van der Waals surface area contributed by atoms with Crippen LogP contribution < -0.4 is 4.72 Å². The number of rotatable bonds is 5. The minimum atomic E-state index is -4.03. The summed E-state index contributed by atoms with van der Waals surface area (Å²) in [6.45, 7) is 1.61. The molecule has 0 saturated carbocycles. The number of carboxylic acids is 1. The zero-order valence-electron chi connectivity index (χ0n) is 10.4. The number of pyridine rings is 1. The number of carboxylic acid groups (broad SMARTS) is 1. The van der Waals surface area contributed by atoms with Crippen molar-refractivity contribution >= 4 is 16.0 Å². The molecule has 0 amide bonds. The summed E-state index contributed by atoms with van der Waals surface area (Å²) in [6.07, 6.45) is 2.49. The Morgan fingerprint density at radius 2 is 2.20 bits per heavy atom. The second-order valence-electron chi connectivity index (χ2n) is 4.02. The molecule has 0 saturated heterocycles. The second kappa shape index (κ2) is 5.39. The first kappa shape index (κ1) is 14.2. The maximum Gasteiger partial charge on any atom is 0.340 e. The Kier molecular flexibility index (Phi) is 3.81. The van der Waals surface area contributed by atoms with E-state index in [0.29, 0.717) is 5.69 Å². The van der Waals surface area contributed by atoms with Crippen LogP contribution in [0.5, 0.6) is 0 Å². The van der Waals surface area contributed by atoms with E-state index in [1.807, 2.05) is 0 Å². The van der Waals surface area contributed by atoms with Crippen molar-refractivity contribution in [1.29, 1.82) is 0 Å². The van der Waals surface area contributed by atoms with E-state index in [-0.39, 0.29) is 0 Å². The molecule has 8 nitrogen and oxygen atoms in total. The van der Waals surface area contributed by atoms with Crippen LogP contribution in [-0.2, 0) is 10.0 Å². The molecule has 0 radical (unpaired) electrons. The number of hydrogen-bond donors (Lipinski definition) is 3. The molecule has 2 aromatic rings. The van der Waals surface area contributed by atoms with Crippen LogP contribution >= 0.6 is 0 Å². The largest absolute Gasteiger partial charge is 0.478 e. The van der Waals surface area contributed by atoms with Gasteiger partial charge in [0.1, 0.15) is 5.56 Å². The van der Waals surface area contributed by atoms with E-state index in [1.165, 1.54) is 0 Å². The van der Waals surface area contributed by atoms with Crippen LogP contribution in [0.4, 0.5) is 0 Å². The van der Waals surface area contributed by atoms with Crippen LogP contribution in [0, 0.1) is 0 Å². The van der Waals surface area contributed by atoms with Crippen molar-refractivity contribution in [3.63, 3.8) is 0 Å². The fourth-order valence-electron chi connectivity index (χ4n) is 1.62. The molecule has 3 N–H and O–H groups in total. The fourth-order valence-corrected chi connectivity index (χ4v) is 2.92.